The molecule has 0 amide bonds. The molecule has 0 heterocycles. The molecule has 2 heteroatoms. The Hall–Kier alpha value is -3.52. The third kappa shape index (κ3) is 10.4. The van der Waals surface area contributed by atoms with E-state index < -0.39 is 0 Å². The summed E-state index contributed by atoms with van der Waals surface area (Å²) in [7, 11) is 0. The SMILES string of the molecule is Cc1cc(N)ccc1Cc1ccc(CCCCCCCCCCCc2ccc(Cc3ccc(N)cc3C)cc2)cc1. The van der Waals surface area contributed by atoms with Gasteiger partial charge in [-0.25, -0.2) is 0 Å². The molecule has 0 atom stereocenters. The number of hydrogen-bond donors (Lipinski definition) is 2. The largest absolute Gasteiger partial charge is 0.399 e. The van der Waals surface area contributed by atoms with Crippen molar-refractivity contribution in [2.24, 2.45) is 0 Å². The first-order valence-corrected chi connectivity index (χ1v) is 15.8. The first kappa shape index (κ1) is 30.4. The molecule has 0 aromatic heterocycles. The molecule has 4 aromatic carbocycles. The van der Waals surface area contributed by atoms with E-state index in [1.807, 2.05) is 12.1 Å². The quantitative estimate of drug-likeness (QED) is 0.108. The van der Waals surface area contributed by atoms with Crippen LogP contribution in [0.5, 0.6) is 0 Å². The standard InChI is InChI=1S/C39H50N2/c1-30-26-38(40)24-22-36(30)28-34-18-14-32(15-19-34)12-10-8-6-4-3-5-7-9-11-13-33-16-20-35(21-17-33)29-37-23-25-39(41)27-31(37)2/h14-27H,3-13,28-29,40-41H2,1-2H3. The highest BCUT2D eigenvalue weighted by Gasteiger charge is 2.04. The van der Waals surface area contributed by atoms with Gasteiger partial charge >= 0.3 is 0 Å². The molecule has 4 rings (SSSR count). The highest BCUT2D eigenvalue weighted by atomic mass is 14.5. The number of unbranched alkanes of at least 4 members (excludes halogenated alkanes) is 8. The maximum atomic E-state index is 5.89. The fourth-order valence-corrected chi connectivity index (χ4v) is 5.82. The number of aryl methyl sites for hydroxylation is 4. The Labute approximate surface area is 249 Å². The molecule has 0 saturated carbocycles. The number of hydrogen-bond acceptors (Lipinski definition) is 2. The topological polar surface area (TPSA) is 52.0 Å². The predicted octanol–water partition coefficient (Wildman–Crippen LogP) is 9.95. The summed E-state index contributed by atoms with van der Waals surface area (Å²) in [5.74, 6) is 0. The number of benzene rings is 4. The highest BCUT2D eigenvalue weighted by molar-refractivity contribution is 5.46. The van der Waals surface area contributed by atoms with E-state index in [4.69, 9.17) is 11.5 Å². The minimum Gasteiger partial charge on any atom is -0.399 e. The molecule has 0 saturated heterocycles. The van der Waals surface area contributed by atoms with Gasteiger partial charge in [-0.1, -0.05) is 106 Å². The lowest BCUT2D eigenvalue weighted by atomic mass is 9.98. The van der Waals surface area contributed by atoms with Gasteiger partial charge in [0.15, 0.2) is 0 Å². The Bertz CT molecular complexity index is 1230. The second kappa shape index (κ2) is 16.1. The van der Waals surface area contributed by atoms with Crippen molar-refractivity contribution in [1.82, 2.24) is 0 Å². The zero-order valence-electron chi connectivity index (χ0n) is 25.4. The minimum atomic E-state index is 0.844. The van der Waals surface area contributed by atoms with E-state index in [9.17, 15) is 0 Å². The molecule has 0 spiro atoms. The summed E-state index contributed by atoms with van der Waals surface area (Å²) in [6.07, 6.45) is 16.5. The van der Waals surface area contributed by atoms with Crippen LogP contribution in [-0.2, 0) is 25.7 Å². The van der Waals surface area contributed by atoms with Gasteiger partial charge < -0.3 is 11.5 Å². The van der Waals surface area contributed by atoms with Crippen LogP contribution < -0.4 is 11.5 Å². The molecule has 0 aliphatic rings. The highest BCUT2D eigenvalue weighted by Crippen LogP contribution is 2.20. The molecule has 0 aliphatic carbocycles. The van der Waals surface area contributed by atoms with Gasteiger partial charge in [0.25, 0.3) is 0 Å². The van der Waals surface area contributed by atoms with Gasteiger partial charge in [0.1, 0.15) is 0 Å². The average Bonchev–Trinajstić information content (AvgIpc) is 2.96. The molecule has 2 nitrogen and oxygen atoms in total. The third-order valence-electron chi connectivity index (χ3n) is 8.50. The fraction of sp³-hybridized carbons (Fsp3) is 0.385. The van der Waals surface area contributed by atoms with E-state index in [1.165, 1.54) is 115 Å². The van der Waals surface area contributed by atoms with E-state index in [2.05, 4.69) is 86.6 Å². The molecule has 4 N–H and O–H groups in total. The van der Waals surface area contributed by atoms with Crippen LogP contribution >= 0.6 is 0 Å². The first-order valence-electron chi connectivity index (χ1n) is 15.8. The van der Waals surface area contributed by atoms with Gasteiger partial charge in [0.2, 0.25) is 0 Å². The summed E-state index contributed by atoms with van der Waals surface area (Å²) in [5, 5.41) is 0. The maximum absolute atomic E-state index is 5.89. The fourth-order valence-electron chi connectivity index (χ4n) is 5.82. The van der Waals surface area contributed by atoms with Crippen LogP contribution in [0, 0.1) is 13.8 Å². The third-order valence-corrected chi connectivity index (χ3v) is 8.50. The van der Waals surface area contributed by atoms with Crippen molar-refractivity contribution in [3.63, 3.8) is 0 Å². The molecule has 216 valence electrons. The van der Waals surface area contributed by atoms with Gasteiger partial charge in [0, 0.05) is 11.4 Å². The Balaban J connectivity index is 1.000. The molecule has 0 fully saturated rings. The zero-order chi connectivity index (χ0) is 28.9. The first-order chi connectivity index (χ1) is 20.0. The van der Waals surface area contributed by atoms with Crippen LogP contribution in [0.4, 0.5) is 11.4 Å². The van der Waals surface area contributed by atoms with Crippen molar-refractivity contribution in [2.45, 2.75) is 97.3 Å². The molecule has 0 unspecified atom stereocenters. The second-order valence-corrected chi connectivity index (χ2v) is 12.0. The van der Waals surface area contributed by atoms with Crippen LogP contribution in [0.2, 0.25) is 0 Å². The Morgan fingerprint density at radius 2 is 0.707 bits per heavy atom. The molecule has 0 radical (unpaired) electrons. The summed E-state index contributed by atoms with van der Waals surface area (Å²) >= 11 is 0. The molecule has 0 bridgehead atoms. The molecule has 0 aliphatic heterocycles. The van der Waals surface area contributed by atoms with Gasteiger partial charge in [-0.2, -0.15) is 0 Å². The van der Waals surface area contributed by atoms with Gasteiger partial charge in [0.05, 0.1) is 0 Å². The van der Waals surface area contributed by atoms with Crippen LogP contribution in [0.3, 0.4) is 0 Å². The summed E-state index contributed by atoms with van der Waals surface area (Å²) in [4.78, 5) is 0. The minimum absolute atomic E-state index is 0.844. The van der Waals surface area contributed by atoms with Crippen molar-refractivity contribution >= 4 is 11.4 Å². The predicted molar refractivity (Wildman–Crippen MR) is 179 cm³/mol. The van der Waals surface area contributed by atoms with Crippen LogP contribution in [-0.4, -0.2) is 0 Å². The number of anilines is 2. The number of nitrogen functional groups attached to an aromatic ring is 2. The van der Waals surface area contributed by atoms with Crippen LogP contribution in [0.1, 0.15) is 102 Å². The molecular formula is C39H50N2. The van der Waals surface area contributed by atoms with E-state index >= 15 is 0 Å². The van der Waals surface area contributed by atoms with Crippen molar-refractivity contribution in [3.05, 3.63) is 129 Å². The van der Waals surface area contributed by atoms with E-state index in [-0.39, 0.29) is 0 Å². The lowest BCUT2D eigenvalue weighted by Gasteiger charge is -2.08. The Morgan fingerprint density at radius 3 is 1.05 bits per heavy atom. The second-order valence-electron chi connectivity index (χ2n) is 12.0. The van der Waals surface area contributed by atoms with Crippen molar-refractivity contribution < 1.29 is 0 Å². The van der Waals surface area contributed by atoms with Crippen molar-refractivity contribution in [3.8, 4) is 0 Å². The summed E-state index contributed by atoms with van der Waals surface area (Å²) < 4.78 is 0. The van der Waals surface area contributed by atoms with Gasteiger partial charge in [-0.3, -0.25) is 0 Å². The smallest absolute Gasteiger partial charge is 0.0316 e. The van der Waals surface area contributed by atoms with Crippen LogP contribution in [0.15, 0.2) is 84.9 Å². The van der Waals surface area contributed by atoms with Crippen LogP contribution in [0.25, 0.3) is 0 Å². The summed E-state index contributed by atoms with van der Waals surface area (Å²) in [5.41, 5.74) is 24.4. The summed E-state index contributed by atoms with van der Waals surface area (Å²) in [6.45, 7) is 4.29. The van der Waals surface area contributed by atoms with E-state index in [0.29, 0.717) is 0 Å². The van der Waals surface area contributed by atoms with E-state index in [1.54, 1.807) is 0 Å². The lowest BCUT2D eigenvalue weighted by Crippen LogP contribution is -1.95. The maximum Gasteiger partial charge on any atom is 0.0316 e. The van der Waals surface area contributed by atoms with E-state index in [0.717, 1.165) is 24.2 Å². The monoisotopic (exact) mass is 546 g/mol. The number of nitrogens with two attached hydrogens (primary N) is 2. The lowest BCUT2D eigenvalue weighted by molar-refractivity contribution is 0.558. The normalized spacial score (nSPS) is 11.2. The average molecular weight is 547 g/mol. The van der Waals surface area contributed by atoms with Gasteiger partial charge in [-0.15, -0.1) is 0 Å². The molecule has 41 heavy (non-hydrogen) atoms. The Kier molecular flexibility index (Phi) is 11.9. The van der Waals surface area contributed by atoms with Crippen molar-refractivity contribution in [2.75, 3.05) is 11.5 Å². The van der Waals surface area contributed by atoms with Gasteiger partial charge in [-0.05, 0) is 121 Å². The summed E-state index contributed by atoms with van der Waals surface area (Å²) in [6, 6.07) is 30.9. The molecule has 4 aromatic rings. The zero-order valence-corrected chi connectivity index (χ0v) is 25.4. The molecular weight excluding hydrogens is 496 g/mol. The Morgan fingerprint density at radius 1 is 0.390 bits per heavy atom. The van der Waals surface area contributed by atoms with Crippen molar-refractivity contribution in [1.29, 1.82) is 0 Å². The number of rotatable bonds is 16.